The summed E-state index contributed by atoms with van der Waals surface area (Å²) < 4.78 is 0.912. The molecule has 1 nitrogen and oxygen atoms in total. The highest BCUT2D eigenvalue weighted by Gasteiger charge is 2.43. The first-order valence-electron chi connectivity index (χ1n) is 5.88. The number of hydrogen-bond donors (Lipinski definition) is 1. The molecule has 0 unspecified atom stereocenters. The van der Waals surface area contributed by atoms with Crippen LogP contribution in [0.1, 0.15) is 38.5 Å². The Morgan fingerprint density at radius 2 is 2.06 bits per heavy atom. The Kier molecular flexibility index (Phi) is 3.35. The fraction of sp³-hybridized carbons (Fsp3) is 0.692. The van der Waals surface area contributed by atoms with Crippen molar-refractivity contribution in [1.82, 2.24) is 5.32 Å². The van der Waals surface area contributed by atoms with Gasteiger partial charge in [-0.2, -0.15) is 0 Å². The van der Waals surface area contributed by atoms with Crippen molar-refractivity contribution >= 4 is 22.9 Å². The Morgan fingerprint density at radius 3 is 2.50 bits per heavy atom. The maximum Gasteiger partial charge on any atom is 0.0931 e. The predicted molar refractivity (Wildman–Crippen MR) is 72.5 cm³/mol. The van der Waals surface area contributed by atoms with Crippen LogP contribution in [0.25, 0.3) is 0 Å². The molecule has 0 saturated heterocycles. The maximum atomic E-state index is 5.96. The van der Waals surface area contributed by atoms with Crippen LogP contribution in [0.5, 0.6) is 0 Å². The first-order valence-corrected chi connectivity index (χ1v) is 7.07. The summed E-state index contributed by atoms with van der Waals surface area (Å²) in [7, 11) is 0. The van der Waals surface area contributed by atoms with Gasteiger partial charge in [-0.05, 0) is 57.6 Å². The molecule has 16 heavy (non-hydrogen) atoms. The Bertz CT molecular complexity index is 360. The van der Waals surface area contributed by atoms with E-state index in [-0.39, 0.29) is 5.54 Å². The third-order valence-corrected chi connectivity index (χ3v) is 4.36. The van der Waals surface area contributed by atoms with Crippen molar-refractivity contribution in [2.24, 2.45) is 5.41 Å². The molecule has 0 bridgehead atoms. The van der Waals surface area contributed by atoms with Gasteiger partial charge in [0.05, 0.1) is 4.34 Å². The minimum atomic E-state index is 0.225. The van der Waals surface area contributed by atoms with E-state index in [1.165, 1.54) is 24.1 Å². The van der Waals surface area contributed by atoms with Crippen LogP contribution in [0.15, 0.2) is 12.1 Å². The highest BCUT2D eigenvalue weighted by molar-refractivity contribution is 7.16. The second kappa shape index (κ2) is 4.32. The zero-order valence-corrected chi connectivity index (χ0v) is 11.8. The molecule has 1 fully saturated rings. The molecule has 2 rings (SSSR count). The Balaban J connectivity index is 1.89. The number of rotatable bonds is 4. The second-order valence-corrected chi connectivity index (χ2v) is 7.79. The molecule has 0 aliphatic heterocycles. The van der Waals surface area contributed by atoms with Crippen LogP contribution in [-0.2, 0) is 6.42 Å². The van der Waals surface area contributed by atoms with Gasteiger partial charge in [0.2, 0.25) is 0 Å². The van der Waals surface area contributed by atoms with Gasteiger partial charge in [0.25, 0.3) is 0 Å². The maximum absolute atomic E-state index is 5.96. The molecule has 1 aromatic heterocycles. The van der Waals surface area contributed by atoms with Gasteiger partial charge >= 0.3 is 0 Å². The van der Waals surface area contributed by atoms with Crippen molar-refractivity contribution in [2.75, 3.05) is 6.54 Å². The molecule has 1 aliphatic rings. The predicted octanol–water partition coefficient (Wildman–Crippen LogP) is 4.11. The Labute approximate surface area is 107 Å². The van der Waals surface area contributed by atoms with Crippen LogP contribution in [-0.4, -0.2) is 12.1 Å². The van der Waals surface area contributed by atoms with Crippen LogP contribution >= 0.6 is 22.9 Å². The van der Waals surface area contributed by atoms with E-state index in [0.717, 1.165) is 10.9 Å². The van der Waals surface area contributed by atoms with E-state index in [2.05, 4.69) is 32.2 Å². The van der Waals surface area contributed by atoms with Crippen LogP contribution in [0.2, 0.25) is 4.34 Å². The van der Waals surface area contributed by atoms with E-state index in [9.17, 15) is 0 Å². The summed E-state index contributed by atoms with van der Waals surface area (Å²) in [5, 5.41) is 3.62. The number of thiophene rings is 1. The third-order valence-electron chi connectivity index (χ3n) is 3.13. The van der Waals surface area contributed by atoms with Gasteiger partial charge in [-0.3, -0.25) is 0 Å². The molecule has 0 radical (unpaired) electrons. The van der Waals surface area contributed by atoms with Crippen LogP contribution < -0.4 is 5.32 Å². The molecule has 0 spiro atoms. The summed E-state index contributed by atoms with van der Waals surface area (Å²) in [5.41, 5.74) is 0.740. The molecule has 0 atom stereocenters. The fourth-order valence-electron chi connectivity index (χ4n) is 1.86. The van der Waals surface area contributed by atoms with Gasteiger partial charge in [-0.1, -0.05) is 11.6 Å². The van der Waals surface area contributed by atoms with Gasteiger partial charge < -0.3 is 5.32 Å². The van der Waals surface area contributed by atoms with E-state index in [1.807, 2.05) is 6.07 Å². The van der Waals surface area contributed by atoms with Crippen LogP contribution in [0, 0.1) is 5.41 Å². The van der Waals surface area contributed by atoms with Crippen molar-refractivity contribution in [3.05, 3.63) is 21.3 Å². The van der Waals surface area contributed by atoms with Gasteiger partial charge in [-0.15, -0.1) is 11.3 Å². The quantitative estimate of drug-likeness (QED) is 0.856. The average molecular weight is 258 g/mol. The first-order chi connectivity index (χ1) is 7.39. The van der Waals surface area contributed by atoms with Crippen molar-refractivity contribution in [1.29, 1.82) is 0 Å². The SMILES string of the molecule is CC(C)(C)NCC1(Cc2ccc(Cl)s2)CC1. The van der Waals surface area contributed by atoms with E-state index in [4.69, 9.17) is 11.6 Å². The second-order valence-electron chi connectivity index (χ2n) is 5.99. The standard InChI is InChI=1S/C13H20ClNS/c1-12(2,3)15-9-13(6-7-13)8-10-4-5-11(14)16-10/h4-5,15H,6-9H2,1-3H3. The topological polar surface area (TPSA) is 12.0 Å². The van der Waals surface area contributed by atoms with Gasteiger partial charge in [-0.25, -0.2) is 0 Å². The zero-order valence-electron chi connectivity index (χ0n) is 10.3. The minimum absolute atomic E-state index is 0.225. The summed E-state index contributed by atoms with van der Waals surface area (Å²) in [5.74, 6) is 0. The third kappa shape index (κ3) is 3.47. The number of nitrogens with one attached hydrogen (secondary N) is 1. The van der Waals surface area contributed by atoms with Crippen molar-refractivity contribution in [3.8, 4) is 0 Å². The zero-order chi connectivity index (χ0) is 11.8. The Morgan fingerprint density at radius 1 is 1.38 bits per heavy atom. The molecule has 1 N–H and O–H groups in total. The molecule has 1 saturated carbocycles. The molecule has 1 aliphatic carbocycles. The smallest absolute Gasteiger partial charge is 0.0931 e. The molecule has 1 heterocycles. The minimum Gasteiger partial charge on any atom is -0.312 e. The molecule has 0 aromatic carbocycles. The molecule has 3 heteroatoms. The van der Waals surface area contributed by atoms with E-state index in [1.54, 1.807) is 11.3 Å². The molecular weight excluding hydrogens is 238 g/mol. The normalized spacial score (nSPS) is 18.8. The lowest BCUT2D eigenvalue weighted by Crippen LogP contribution is -2.40. The lowest BCUT2D eigenvalue weighted by Gasteiger charge is -2.25. The van der Waals surface area contributed by atoms with Crippen molar-refractivity contribution in [2.45, 2.75) is 45.6 Å². The molecule has 90 valence electrons. The molecule has 1 aromatic rings. The monoisotopic (exact) mass is 257 g/mol. The van der Waals surface area contributed by atoms with Crippen molar-refractivity contribution < 1.29 is 0 Å². The number of hydrogen-bond acceptors (Lipinski definition) is 2. The fourth-order valence-corrected chi connectivity index (χ4v) is 3.12. The van der Waals surface area contributed by atoms with Crippen molar-refractivity contribution in [3.63, 3.8) is 0 Å². The van der Waals surface area contributed by atoms with Crippen LogP contribution in [0.3, 0.4) is 0 Å². The van der Waals surface area contributed by atoms with E-state index >= 15 is 0 Å². The van der Waals surface area contributed by atoms with Crippen LogP contribution in [0.4, 0.5) is 0 Å². The van der Waals surface area contributed by atoms with Gasteiger partial charge in [0.1, 0.15) is 0 Å². The average Bonchev–Trinajstić information content (AvgIpc) is 2.80. The molecule has 0 amide bonds. The largest absolute Gasteiger partial charge is 0.312 e. The Hall–Kier alpha value is -0.0500. The summed E-state index contributed by atoms with van der Waals surface area (Å²) >= 11 is 7.69. The lowest BCUT2D eigenvalue weighted by atomic mass is 9.99. The summed E-state index contributed by atoms with van der Waals surface area (Å²) in [6, 6.07) is 4.18. The highest BCUT2D eigenvalue weighted by Crippen LogP contribution is 2.49. The molecular formula is C13H20ClNS. The summed E-state index contributed by atoms with van der Waals surface area (Å²) in [4.78, 5) is 1.43. The summed E-state index contributed by atoms with van der Waals surface area (Å²) in [6.07, 6.45) is 3.89. The first kappa shape index (κ1) is 12.4. The lowest BCUT2D eigenvalue weighted by molar-refractivity contribution is 0.357. The highest BCUT2D eigenvalue weighted by atomic mass is 35.5. The van der Waals surface area contributed by atoms with Gasteiger partial charge in [0.15, 0.2) is 0 Å². The van der Waals surface area contributed by atoms with E-state index in [0.29, 0.717) is 5.41 Å². The summed E-state index contributed by atoms with van der Waals surface area (Å²) in [6.45, 7) is 7.81. The van der Waals surface area contributed by atoms with Gasteiger partial charge in [0, 0.05) is 17.0 Å². The number of halogens is 1. The van der Waals surface area contributed by atoms with E-state index < -0.39 is 0 Å².